The summed E-state index contributed by atoms with van der Waals surface area (Å²) in [6, 6.07) is 18.6. The van der Waals surface area contributed by atoms with Gasteiger partial charge in [-0.2, -0.15) is 0 Å². The number of hydrogen-bond acceptors (Lipinski definition) is 5. The first-order chi connectivity index (χ1) is 13.3. The lowest BCUT2D eigenvalue weighted by Crippen LogP contribution is -2.33. The average molecular weight is 375 g/mol. The van der Waals surface area contributed by atoms with Crippen LogP contribution < -0.4 is 0 Å². The van der Waals surface area contributed by atoms with Gasteiger partial charge < -0.3 is 4.42 Å². The van der Waals surface area contributed by atoms with Crippen molar-refractivity contribution in [3.63, 3.8) is 0 Å². The number of benzene rings is 2. The van der Waals surface area contributed by atoms with Gasteiger partial charge in [-0.05, 0) is 31.5 Å². The molecule has 5 rings (SSSR count). The summed E-state index contributed by atoms with van der Waals surface area (Å²) in [4.78, 5) is 11.8. The van der Waals surface area contributed by atoms with Gasteiger partial charge in [-0.1, -0.05) is 42.5 Å². The van der Waals surface area contributed by atoms with E-state index in [0.717, 1.165) is 42.4 Å². The molecule has 0 bridgehead atoms. The first-order valence-electron chi connectivity index (χ1n) is 9.43. The van der Waals surface area contributed by atoms with E-state index in [-0.39, 0.29) is 0 Å². The molecular weight excluding hydrogens is 354 g/mol. The van der Waals surface area contributed by atoms with E-state index < -0.39 is 0 Å². The molecule has 3 heterocycles. The molecule has 1 fully saturated rings. The van der Waals surface area contributed by atoms with Gasteiger partial charge in [0.15, 0.2) is 5.76 Å². The van der Waals surface area contributed by atoms with Crippen LogP contribution in [0.15, 0.2) is 65.2 Å². The molecule has 0 spiro atoms. The van der Waals surface area contributed by atoms with Gasteiger partial charge in [0.2, 0.25) is 5.89 Å². The van der Waals surface area contributed by atoms with Gasteiger partial charge in [-0.3, -0.25) is 4.90 Å². The van der Waals surface area contributed by atoms with Gasteiger partial charge in [-0.15, -0.1) is 11.3 Å². The first-order valence-corrected chi connectivity index (χ1v) is 10.2. The number of aromatic nitrogens is 2. The van der Waals surface area contributed by atoms with E-state index in [1.54, 1.807) is 0 Å². The highest BCUT2D eigenvalue weighted by molar-refractivity contribution is 7.18. The molecule has 0 amide bonds. The summed E-state index contributed by atoms with van der Waals surface area (Å²) in [6.45, 7) is 2.86. The fraction of sp³-hybridized carbons (Fsp3) is 0.273. The highest BCUT2D eigenvalue weighted by Gasteiger charge is 2.25. The van der Waals surface area contributed by atoms with Crippen LogP contribution in [0.2, 0.25) is 0 Å². The number of piperidine rings is 1. The molecule has 4 nitrogen and oxygen atoms in total. The van der Waals surface area contributed by atoms with Gasteiger partial charge in [0.1, 0.15) is 0 Å². The highest BCUT2D eigenvalue weighted by Crippen LogP contribution is 2.33. The molecule has 2 aromatic heterocycles. The van der Waals surface area contributed by atoms with Crippen LogP contribution in [0.25, 0.3) is 21.5 Å². The quantitative estimate of drug-likeness (QED) is 0.483. The number of fused-ring (bicyclic) bond motifs is 1. The smallest absolute Gasteiger partial charge is 0.209 e. The molecular formula is C22H21N3OS. The molecule has 2 aromatic carbocycles. The monoisotopic (exact) mass is 375 g/mol. The summed E-state index contributed by atoms with van der Waals surface area (Å²) in [7, 11) is 0. The average Bonchev–Trinajstić information content (AvgIpc) is 3.36. The van der Waals surface area contributed by atoms with Crippen LogP contribution in [0, 0.1) is 0 Å². The summed E-state index contributed by atoms with van der Waals surface area (Å²) in [5, 5.41) is 1.26. The topological polar surface area (TPSA) is 42.2 Å². The Balaban J connectivity index is 1.29. The number of hydrogen-bond donors (Lipinski definition) is 0. The normalized spacial score (nSPS) is 18.1. The molecule has 1 unspecified atom stereocenters. The lowest BCUT2D eigenvalue weighted by Gasteiger charge is -2.30. The fourth-order valence-corrected chi connectivity index (χ4v) is 4.87. The third-order valence-corrected chi connectivity index (χ3v) is 6.33. The molecule has 1 aliphatic heterocycles. The van der Waals surface area contributed by atoms with Crippen molar-refractivity contribution in [1.29, 1.82) is 0 Å². The summed E-state index contributed by atoms with van der Waals surface area (Å²) >= 11 is 1.84. The van der Waals surface area contributed by atoms with E-state index in [9.17, 15) is 0 Å². The van der Waals surface area contributed by atoms with Gasteiger partial charge in [0, 0.05) is 18.0 Å². The molecule has 4 aromatic rings. The van der Waals surface area contributed by atoms with E-state index in [1.165, 1.54) is 22.5 Å². The van der Waals surface area contributed by atoms with Crippen LogP contribution in [-0.2, 0) is 6.54 Å². The van der Waals surface area contributed by atoms with Crippen molar-refractivity contribution in [1.82, 2.24) is 14.9 Å². The largest absolute Gasteiger partial charge is 0.439 e. The lowest BCUT2D eigenvalue weighted by molar-refractivity contribution is 0.184. The van der Waals surface area contributed by atoms with Crippen LogP contribution in [0.5, 0.6) is 0 Å². The predicted molar refractivity (Wildman–Crippen MR) is 109 cm³/mol. The standard InChI is InChI=1S/C22H21N3OS/c1-2-7-16(8-3-1)19-13-23-21(26-19)15-25-12-6-9-17(14-25)22-24-18-10-4-5-11-20(18)27-22/h1-5,7-8,10-11,13,17H,6,9,12,14-15H2. The summed E-state index contributed by atoms with van der Waals surface area (Å²) in [5.41, 5.74) is 2.19. The van der Waals surface area contributed by atoms with Crippen LogP contribution >= 0.6 is 11.3 Å². The van der Waals surface area contributed by atoms with Gasteiger partial charge in [0.25, 0.3) is 0 Å². The molecule has 1 atom stereocenters. The maximum absolute atomic E-state index is 6.00. The van der Waals surface area contributed by atoms with E-state index in [0.29, 0.717) is 5.92 Å². The molecule has 1 aliphatic rings. The van der Waals surface area contributed by atoms with Crippen molar-refractivity contribution >= 4 is 21.6 Å². The third kappa shape index (κ3) is 3.53. The second-order valence-electron chi connectivity index (χ2n) is 7.08. The van der Waals surface area contributed by atoms with Crippen molar-refractivity contribution in [2.75, 3.05) is 13.1 Å². The summed E-state index contributed by atoms with van der Waals surface area (Å²) in [5.74, 6) is 2.13. The number of para-hydroxylation sites is 1. The minimum Gasteiger partial charge on any atom is -0.439 e. The van der Waals surface area contributed by atoms with Crippen LogP contribution in [0.3, 0.4) is 0 Å². The van der Waals surface area contributed by atoms with E-state index in [1.807, 2.05) is 47.9 Å². The minimum absolute atomic E-state index is 0.500. The van der Waals surface area contributed by atoms with Crippen LogP contribution in [-0.4, -0.2) is 28.0 Å². The molecule has 1 saturated heterocycles. The molecule has 136 valence electrons. The van der Waals surface area contributed by atoms with E-state index in [4.69, 9.17) is 9.40 Å². The molecule has 5 heteroatoms. The lowest BCUT2D eigenvalue weighted by atomic mass is 9.99. The molecule has 27 heavy (non-hydrogen) atoms. The number of likely N-dealkylation sites (tertiary alicyclic amines) is 1. The Bertz CT molecular complexity index is 1010. The maximum atomic E-state index is 6.00. The maximum Gasteiger partial charge on any atom is 0.209 e. The Morgan fingerprint density at radius 3 is 2.81 bits per heavy atom. The van der Waals surface area contributed by atoms with Gasteiger partial charge >= 0.3 is 0 Å². The summed E-state index contributed by atoms with van der Waals surface area (Å²) in [6.07, 6.45) is 4.23. The molecule has 0 N–H and O–H groups in total. The number of rotatable bonds is 4. The first kappa shape index (κ1) is 16.7. The molecule has 0 aliphatic carbocycles. The number of oxazole rings is 1. The second-order valence-corrected chi connectivity index (χ2v) is 8.14. The summed E-state index contributed by atoms with van der Waals surface area (Å²) < 4.78 is 7.28. The Morgan fingerprint density at radius 2 is 1.93 bits per heavy atom. The Hall–Kier alpha value is -2.50. The van der Waals surface area contributed by atoms with Crippen molar-refractivity contribution < 1.29 is 4.42 Å². The number of thiazole rings is 1. The number of nitrogens with zero attached hydrogens (tertiary/aromatic N) is 3. The Morgan fingerprint density at radius 1 is 1.07 bits per heavy atom. The zero-order valence-corrected chi connectivity index (χ0v) is 15.9. The SMILES string of the molecule is c1ccc(-c2cnc(CN3CCCC(c4nc5ccccc5s4)C3)o2)cc1. The van der Waals surface area contributed by atoms with Gasteiger partial charge in [-0.25, -0.2) is 9.97 Å². The highest BCUT2D eigenvalue weighted by atomic mass is 32.1. The van der Waals surface area contributed by atoms with E-state index >= 15 is 0 Å². The van der Waals surface area contributed by atoms with E-state index in [2.05, 4.69) is 34.1 Å². The zero-order chi connectivity index (χ0) is 18.1. The second kappa shape index (κ2) is 7.25. The van der Waals surface area contributed by atoms with Crippen molar-refractivity contribution in [2.45, 2.75) is 25.3 Å². The Kier molecular flexibility index (Phi) is 4.47. The minimum atomic E-state index is 0.500. The third-order valence-electron chi connectivity index (χ3n) is 5.14. The fourth-order valence-electron chi connectivity index (χ4n) is 3.78. The predicted octanol–water partition coefficient (Wildman–Crippen LogP) is 5.33. The molecule has 0 saturated carbocycles. The van der Waals surface area contributed by atoms with Gasteiger partial charge in [0.05, 0.1) is 28.0 Å². The van der Waals surface area contributed by atoms with Crippen molar-refractivity contribution in [3.05, 3.63) is 71.7 Å². The van der Waals surface area contributed by atoms with Crippen LogP contribution in [0.4, 0.5) is 0 Å². The Labute approximate surface area is 162 Å². The van der Waals surface area contributed by atoms with Crippen LogP contribution in [0.1, 0.15) is 29.7 Å². The molecule has 0 radical (unpaired) electrons. The zero-order valence-electron chi connectivity index (χ0n) is 15.0. The van der Waals surface area contributed by atoms with Crippen molar-refractivity contribution in [2.24, 2.45) is 0 Å². The van der Waals surface area contributed by atoms with Crippen molar-refractivity contribution in [3.8, 4) is 11.3 Å².